The number of nitrogens with one attached hydrogen (secondary N) is 1. The average molecular weight is 259 g/mol. The molecule has 0 aromatic rings. The minimum absolute atomic E-state index is 0.401. The Morgan fingerprint density at radius 2 is 2.00 bits per heavy atom. The monoisotopic (exact) mass is 257 g/mol. The van der Waals surface area contributed by atoms with Gasteiger partial charge in [-0.05, 0) is 13.3 Å². The van der Waals surface area contributed by atoms with E-state index in [1.165, 1.54) is 5.57 Å². The van der Waals surface area contributed by atoms with Crippen molar-refractivity contribution in [3.05, 3.63) is 11.6 Å². The number of amides is 1. The highest BCUT2D eigenvalue weighted by Crippen LogP contribution is 2.25. The number of hydrogen-bond donors (Lipinski definition) is 1. The van der Waals surface area contributed by atoms with E-state index >= 15 is 0 Å². The van der Waals surface area contributed by atoms with E-state index in [0.29, 0.717) is 6.54 Å². The van der Waals surface area contributed by atoms with E-state index in [0.717, 1.165) is 12.8 Å². The lowest BCUT2D eigenvalue weighted by atomic mass is 10.2. The van der Waals surface area contributed by atoms with Gasteiger partial charge in [0.1, 0.15) is 0 Å². The number of allylic oxidation sites excluding steroid dienone is 1. The Morgan fingerprint density at radius 1 is 1.43 bits per heavy atom. The molecule has 14 heavy (non-hydrogen) atoms. The molecule has 0 aliphatic carbocycles. The molecule has 0 aliphatic heterocycles. The molecule has 2 nitrogen and oxygen atoms in total. The van der Waals surface area contributed by atoms with Crippen molar-refractivity contribution in [3.63, 3.8) is 0 Å². The highest BCUT2D eigenvalue weighted by atomic mass is 35.6. The zero-order valence-electron chi connectivity index (χ0n) is 8.24. The summed E-state index contributed by atoms with van der Waals surface area (Å²) in [7, 11) is 0. The summed E-state index contributed by atoms with van der Waals surface area (Å²) in [5, 5.41) is 2.50. The van der Waals surface area contributed by atoms with Gasteiger partial charge < -0.3 is 5.32 Å². The Hall–Kier alpha value is 0.0800. The van der Waals surface area contributed by atoms with Gasteiger partial charge in [0.05, 0.1) is 0 Å². The van der Waals surface area contributed by atoms with Gasteiger partial charge in [-0.1, -0.05) is 59.8 Å². The second-order valence-electron chi connectivity index (χ2n) is 3.01. The van der Waals surface area contributed by atoms with Gasteiger partial charge in [-0.2, -0.15) is 0 Å². The summed E-state index contributed by atoms with van der Waals surface area (Å²) < 4.78 is -1.87. The number of carbonyl (C=O) groups is 1. The first kappa shape index (κ1) is 14.1. The molecular formula is C9H14Cl3NO. The van der Waals surface area contributed by atoms with Crippen molar-refractivity contribution in [2.45, 2.75) is 30.5 Å². The lowest BCUT2D eigenvalue weighted by Gasteiger charge is -2.09. The molecule has 5 heteroatoms. The number of halogens is 3. The van der Waals surface area contributed by atoms with Crippen LogP contribution in [0.25, 0.3) is 0 Å². The van der Waals surface area contributed by atoms with E-state index in [1.54, 1.807) is 0 Å². The fourth-order valence-electron chi connectivity index (χ4n) is 0.915. The summed E-state index contributed by atoms with van der Waals surface area (Å²) >= 11 is 16.1. The highest BCUT2D eigenvalue weighted by Gasteiger charge is 2.29. The molecule has 0 saturated carbocycles. The van der Waals surface area contributed by atoms with E-state index < -0.39 is 9.70 Å². The van der Waals surface area contributed by atoms with Gasteiger partial charge in [-0.25, -0.2) is 0 Å². The molecule has 82 valence electrons. The zero-order valence-corrected chi connectivity index (χ0v) is 10.5. The molecule has 0 aromatic carbocycles. The number of hydrogen-bond acceptors (Lipinski definition) is 1. The number of alkyl halides is 3. The normalized spacial score (nSPS) is 12.8. The molecule has 0 unspecified atom stereocenters. The summed E-state index contributed by atoms with van der Waals surface area (Å²) in [6.07, 6.45) is 4.02. The van der Waals surface area contributed by atoms with Gasteiger partial charge in [0.2, 0.25) is 0 Å². The summed E-state index contributed by atoms with van der Waals surface area (Å²) in [5.41, 5.74) is 1.22. The Bertz CT molecular complexity index is 221. The largest absolute Gasteiger partial charge is 0.349 e. The van der Waals surface area contributed by atoms with Crippen molar-refractivity contribution in [3.8, 4) is 0 Å². The minimum atomic E-state index is -1.87. The predicted molar refractivity (Wildman–Crippen MR) is 62.0 cm³/mol. The van der Waals surface area contributed by atoms with Crippen LogP contribution in [0.2, 0.25) is 0 Å². The fourth-order valence-corrected chi connectivity index (χ4v) is 1.12. The van der Waals surface area contributed by atoms with Gasteiger partial charge in [0.25, 0.3) is 9.70 Å². The molecule has 1 amide bonds. The molecule has 0 fully saturated rings. The van der Waals surface area contributed by atoms with Crippen LogP contribution in [0.4, 0.5) is 0 Å². The quantitative estimate of drug-likeness (QED) is 0.609. The third-order valence-electron chi connectivity index (χ3n) is 1.61. The van der Waals surface area contributed by atoms with Crippen LogP contribution in [0, 0.1) is 0 Å². The second-order valence-corrected chi connectivity index (χ2v) is 5.29. The summed E-state index contributed by atoms with van der Waals surface area (Å²) in [4.78, 5) is 11.1. The predicted octanol–water partition coefficient (Wildman–Crippen LogP) is 3.22. The summed E-state index contributed by atoms with van der Waals surface area (Å²) in [5.74, 6) is -0.594. The molecule has 0 saturated heterocycles. The molecule has 1 N–H and O–H groups in total. The Balaban J connectivity index is 3.85. The molecule has 0 atom stereocenters. The van der Waals surface area contributed by atoms with E-state index in [9.17, 15) is 4.79 Å². The van der Waals surface area contributed by atoms with Crippen molar-refractivity contribution >= 4 is 40.7 Å². The van der Waals surface area contributed by atoms with Gasteiger partial charge in [0, 0.05) is 6.54 Å². The van der Waals surface area contributed by atoms with E-state index in [-0.39, 0.29) is 0 Å². The number of carbonyl (C=O) groups excluding carboxylic acids is 1. The lowest BCUT2D eigenvalue weighted by molar-refractivity contribution is -0.120. The Labute approximate surface area is 99.6 Å². The topological polar surface area (TPSA) is 29.1 Å². The third kappa shape index (κ3) is 6.52. The van der Waals surface area contributed by atoms with Crippen LogP contribution in [-0.2, 0) is 4.79 Å². The standard InChI is InChI=1S/C9H14Cl3NO/c1-3-4-7(2)5-6-13-8(14)9(10,11)12/h5H,3-4,6H2,1-2H3,(H,13,14)/b7-5-. The maximum absolute atomic E-state index is 11.1. The zero-order chi connectivity index (χ0) is 11.2. The van der Waals surface area contributed by atoms with Crippen molar-refractivity contribution < 1.29 is 4.79 Å². The van der Waals surface area contributed by atoms with Gasteiger partial charge in [0.15, 0.2) is 0 Å². The van der Waals surface area contributed by atoms with Crippen LogP contribution in [0.15, 0.2) is 11.6 Å². The van der Waals surface area contributed by atoms with Gasteiger partial charge >= 0.3 is 0 Å². The molecule has 0 bridgehead atoms. The molecular weight excluding hydrogens is 244 g/mol. The van der Waals surface area contributed by atoms with E-state index in [1.807, 2.05) is 13.0 Å². The van der Waals surface area contributed by atoms with Crippen LogP contribution in [0.1, 0.15) is 26.7 Å². The minimum Gasteiger partial charge on any atom is -0.349 e. The fraction of sp³-hybridized carbons (Fsp3) is 0.667. The van der Waals surface area contributed by atoms with Crippen LogP contribution >= 0.6 is 34.8 Å². The maximum atomic E-state index is 11.1. The molecule has 0 aromatic heterocycles. The van der Waals surface area contributed by atoms with Crippen molar-refractivity contribution in [2.75, 3.05) is 6.54 Å². The van der Waals surface area contributed by atoms with Crippen LogP contribution in [-0.4, -0.2) is 16.2 Å². The highest BCUT2D eigenvalue weighted by molar-refractivity contribution is 6.76. The molecule has 0 spiro atoms. The lowest BCUT2D eigenvalue weighted by Crippen LogP contribution is -2.34. The summed E-state index contributed by atoms with van der Waals surface area (Å²) in [6, 6.07) is 0. The van der Waals surface area contributed by atoms with E-state index in [2.05, 4.69) is 12.2 Å². The summed E-state index contributed by atoms with van der Waals surface area (Å²) in [6.45, 7) is 4.50. The SMILES string of the molecule is CCC/C(C)=C\CNC(=O)C(Cl)(Cl)Cl. The van der Waals surface area contributed by atoms with E-state index in [4.69, 9.17) is 34.8 Å². The Morgan fingerprint density at radius 3 is 2.43 bits per heavy atom. The van der Waals surface area contributed by atoms with Crippen molar-refractivity contribution in [1.29, 1.82) is 0 Å². The molecule has 0 aliphatic rings. The first-order chi connectivity index (χ1) is 6.38. The van der Waals surface area contributed by atoms with Gasteiger partial charge in [-0.15, -0.1) is 0 Å². The van der Waals surface area contributed by atoms with Crippen molar-refractivity contribution in [1.82, 2.24) is 5.32 Å². The van der Waals surface area contributed by atoms with Crippen molar-refractivity contribution in [2.24, 2.45) is 0 Å². The first-order valence-electron chi connectivity index (χ1n) is 4.38. The Kier molecular flexibility index (Phi) is 6.58. The van der Waals surface area contributed by atoms with Crippen LogP contribution in [0.5, 0.6) is 0 Å². The number of rotatable bonds is 4. The molecule has 0 rings (SSSR count). The third-order valence-corrected chi connectivity index (χ3v) is 2.13. The average Bonchev–Trinajstić information content (AvgIpc) is 2.02. The second kappa shape index (κ2) is 6.54. The maximum Gasteiger partial charge on any atom is 0.272 e. The van der Waals surface area contributed by atoms with Crippen LogP contribution < -0.4 is 5.32 Å². The molecule has 0 heterocycles. The van der Waals surface area contributed by atoms with Crippen LogP contribution in [0.3, 0.4) is 0 Å². The smallest absolute Gasteiger partial charge is 0.272 e. The first-order valence-corrected chi connectivity index (χ1v) is 5.52. The molecule has 0 radical (unpaired) electrons. The van der Waals surface area contributed by atoms with Gasteiger partial charge in [-0.3, -0.25) is 4.79 Å².